The lowest BCUT2D eigenvalue weighted by Gasteiger charge is -2.08. The van der Waals surface area contributed by atoms with Crippen molar-refractivity contribution in [3.8, 4) is 0 Å². The number of alkyl halides is 1. The highest BCUT2D eigenvalue weighted by molar-refractivity contribution is 6.26. The second-order valence-corrected chi connectivity index (χ2v) is 2.13. The number of esters is 1. The first-order valence-electron chi connectivity index (χ1n) is 3.14. The summed E-state index contributed by atoms with van der Waals surface area (Å²) in [7, 11) is 0. The summed E-state index contributed by atoms with van der Waals surface area (Å²) in [5.74, 6) is -0.788. The van der Waals surface area contributed by atoms with Crippen molar-refractivity contribution in [3.63, 3.8) is 0 Å². The van der Waals surface area contributed by atoms with Gasteiger partial charge in [-0.1, -0.05) is 13.3 Å². The third kappa shape index (κ3) is 4.58. The van der Waals surface area contributed by atoms with Crippen molar-refractivity contribution in [3.05, 3.63) is 0 Å². The molecule has 4 heteroatoms. The largest absolute Gasteiger partial charge is 0.435 e. The molecule has 10 heavy (non-hydrogen) atoms. The number of halogens is 1. The number of rotatable bonds is 4. The molecule has 0 rings (SSSR count). The number of hydrogen-bond acceptors (Lipinski definition) is 3. The Kier molecular flexibility index (Phi) is 5.35. The maximum absolute atomic E-state index is 10.4. The smallest absolute Gasteiger partial charge is 0.323 e. The second kappa shape index (κ2) is 5.50. The molecule has 0 spiro atoms. The Hall–Kier alpha value is -0.280. The van der Waals surface area contributed by atoms with Gasteiger partial charge in [0.1, 0.15) is 5.88 Å². The van der Waals surface area contributed by atoms with Gasteiger partial charge in [-0.2, -0.15) is 0 Å². The van der Waals surface area contributed by atoms with E-state index in [-0.39, 0.29) is 5.88 Å². The maximum atomic E-state index is 10.4. The lowest BCUT2D eigenvalue weighted by Crippen LogP contribution is -2.17. The van der Waals surface area contributed by atoms with Crippen LogP contribution < -0.4 is 0 Å². The van der Waals surface area contributed by atoms with Crippen LogP contribution in [0.15, 0.2) is 0 Å². The van der Waals surface area contributed by atoms with Gasteiger partial charge >= 0.3 is 5.97 Å². The van der Waals surface area contributed by atoms with E-state index < -0.39 is 12.3 Å². The number of hydrogen-bond donors (Lipinski definition) is 1. The van der Waals surface area contributed by atoms with Crippen molar-refractivity contribution in [1.29, 1.82) is 0 Å². The van der Waals surface area contributed by atoms with Crippen LogP contribution in [0.4, 0.5) is 0 Å². The zero-order chi connectivity index (χ0) is 7.98. The Morgan fingerprint density at radius 1 is 1.80 bits per heavy atom. The minimum atomic E-state index is -0.990. The van der Waals surface area contributed by atoms with Crippen LogP contribution in [0.2, 0.25) is 0 Å². The van der Waals surface area contributed by atoms with Gasteiger partial charge in [-0.3, -0.25) is 4.79 Å². The number of ether oxygens (including phenoxy) is 1. The first kappa shape index (κ1) is 9.72. The fourth-order valence-electron chi connectivity index (χ4n) is 0.489. The molecule has 0 aliphatic rings. The molecule has 0 aliphatic carbocycles. The average Bonchev–Trinajstić information content (AvgIpc) is 1.88. The van der Waals surface area contributed by atoms with Crippen molar-refractivity contribution in [2.75, 3.05) is 5.88 Å². The molecule has 0 amide bonds. The fraction of sp³-hybridized carbons (Fsp3) is 0.833. The summed E-state index contributed by atoms with van der Waals surface area (Å²) in [4.78, 5) is 10.4. The first-order chi connectivity index (χ1) is 4.70. The van der Waals surface area contributed by atoms with E-state index in [0.717, 1.165) is 6.42 Å². The Morgan fingerprint density at radius 2 is 2.40 bits per heavy atom. The highest BCUT2D eigenvalue weighted by Gasteiger charge is 2.07. The van der Waals surface area contributed by atoms with Gasteiger partial charge in [0.25, 0.3) is 0 Å². The topological polar surface area (TPSA) is 46.5 Å². The minimum absolute atomic E-state index is 0.208. The van der Waals surface area contributed by atoms with Crippen LogP contribution in [0.1, 0.15) is 19.8 Å². The second-order valence-electron chi connectivity index (χ2n) is 1.87. The van der Waals surface area contributed by atoms with Crippen molar-refractivity contribution in [2.45, 2.75) is 26.1 Å². The van der Waals surface area contributed by atoms with Gasteiger partial charge < -0.3 is 9.84 Å². The lowest BCUT2D eigenvalue weighted by atomic mass is 10.3. The lowest BCUT2D eigenvalue weighted by molar-refractivity contribution is -0.165. The van der Waals surface area contributed by atoms with E-state index in [1.807, 2.05) is 6.92 Å². The average molecular weight is 167 g/mol. The van der Waals surface area contributed by atoms with E-state index in [4.69, 9.17) is 16.7 Å². The van der Waals surface area contributed by atoms with Gasteiger partial charge in [0, 0.05) is 6.42 Å². The van der Waals surface area contributed by atoms with Gasteiger partial charge in [0.05, 0.1) is 0 Å². The Morgan fingerprint density at radius 3 is 2.80 bits per heavy atom. The molecular formula is C6H11ClO3. The number of aliphatic hydroxyl groups excluding tert-OH is 1. The third-order valence-corrected chi connectivity index (χ3v) is 1.13. The van der Waals surface area contributed by atoms with Crippen LogP contribution in [0, 0.1) is 0 Å². The van der Waals surface area contributed by atoms with Crippen molar-refractivity contribution in [1.82, 2.24) is 0 Å². The molecule has 0 aromatic carbocycles. The third-order valence-electron chi connectivity index (χ3n) is 0.912. The summed E-state index contributed by atoms with van der Waals surface area (Å²) in [5, 5.41) is 8.85. The van der Waals surface area contributed by atoms with E-state index in [0.29, 0.717) is 6.42 Å². The van der Waals surface area contributed by atoms with Gasteiger partial charge in [-0.25, -0.2) is 0 Å². The van der Waals surface area contributed by atoms with E-state index in [2.05, 4.69) is 4.74 Å². The Balaban J connectivity index is 3.37. The summed E-state index contributed by atoms with van der Waals surface area (Å²) in [5.41, 5.74) is 0. The quantitative estimate of drug-likeness (QED) is 0.383. The van der Waals surface area contributed by atoms with E-state index in [1.54, 1.807) is 0 Å². The zero-order valence-corrected chi connectivity index (χ0v) is 6.60. The minimum Gasteiger partial charge on any atom is -0.435 e. The molecule has 0 aliphatic heterocycles. The van der Waals surface area contributed by atoms with Gasteiger partial charge in [0.15, 0.2) is 0 Å². The normalized spacial score (nSPS) is 12.7. The van der Waals surface area contributed by atoms with Crippen molar-refractivity contribution < 1.29 is 14.6 Å². The van der Waals surface area contributed by atoms with Gasteiger partial charge in [-0.15, -0.1) is 11.6 Å². The number of carbonyl (C=O) groups excluding carboxylic acids is 1. The van der Waals surface area contributed by atoms with Crippen LogP contribution in [0.25, 0.3) is 0 Å². The van der Waals surface area contributed by atoms with Crippen molar-refractivity contribution in [2.24, 2.45) is 0 Å². The highest BCUT2D eigenvalue weighted by atomic mass is 35.5. The van der Waals surface area contributed by atoms with Crippen LogP contribution in [-0.4, -0.2) is 23.2 Å². The SMILES string of the molecule is CCCC(O)OC(=O)CCl. The molecule has 0 aromatic rings. The Labute approximate surface area is 64.9 Å². The van der Waals surface area contributed by atoms with Crippen LogP contribution in [-0.2, 0) is 9.53 Å². The zero-order valence-electron chi connectivity index (χ0n) is 5.84. The van der Waals surface area contributed by atoms with E-state index >= 15 is 0 Å². The van der Waals surface area contributed by atoms with Gasteiger partial charge in [0.2, 0.25) is 6.29 Å². The van der Waals surface area contributed by atoms with Gasteiger partial charge in [-0.05, 0) is 0 Å². The Bertz CT molecular complexity index is 105. The molecule has 0 radical (unpaired) electrons. The van der Waals surface area contributed by atoms with Crippen molar-refractivity contribution >= 4 is 17.6 Å². The monoisotopic (exact) mass is 166 g/mol. The molecule has 0 saturated heterocycles. The first-order valence-corrected chi connectivity index (χ1v) is 3.67. The summed E-state index contributed by atoms with van der Waals surface area (Å²) in [6.07, 6.45) is 0.246. The summed E-state index contributed by atoms with van der Waals surface area (Å²) >= 11 is 5.11. The molecular weight excluding hydrogens is 156 g/mol. The molecule has 60 valence electrons. The fourth-order valence-corrected chi connectivity index (χ4v) is 0.552. The van der Waals surface area contributed by atoms with Crippen LogP contribution in [0.5, 0.6) is 0 Å². The molecule has 1 N–H and O–H groups in total. The standard InChI is InChI=1S/C6H11ClO3/c1-2-3-5(8)10-6(9)4-7/h5,8H,2-4H2,1H3. The molecule has 0 bridgehead atoms. The van der Waals surface area contributed by atoms with E-state index in [1.165, 1.54) is 0 Å². The predicted molar refractivity (Wildman–Crippen MR) is 37.7 cm³/mol. The predicted octanol–water partition coefficient (Wildman–Crippen LogP) is 0.887. The molecule has 0 heterocycles. The van der Waals surface area contributed by atoms with Crippen LogP contribution in [0.3, 0.4) is 0 Å². The highest BCUT2D eigenvalue weighted by Crippen LogP contribution is 1.98. The molecule has 1 atom stereocenters. The van der Waals surface area contributed by atoms with E-state index in [9.17, 15) is 4.79 Å². The number of carbonyl (C=O) groups is 1. The summed E-state index contributed by atoms with van der Waals surface area (Å²) < 4.78 is 4.42. The maximum Gasteiger partial charge on any atom is 0.323 e. The number of aliphatic hydroxyl groups is 1. The molecule has 0 aromatic heterocycles. The van der Waals surface area contributed by atoms with Crippen LogP contribution >= 0.6 is 11.6 Å². The summed E-state index contributed by atoms with van der Waals surface area (Å²) in [6.45, 7) is 1.89. The molecule has 0 fully saturated rings. The molecule has 1 unspecified atom stereocenters. The summed E-state index contributed by atoms with van der Waals surface area (Å²) in [6, 6.07) is 0. The molecule has 0 saturated carbocycles. The molecule has 3 nitrogen and oxygen atoms in total.